The Morgan fingerprint density at radius 1 is 1.50 bits per heavy atom. The van der Waals surface area contributed by atoms with Crippen molar-refractivity contribution in [3.05, 3.63) is 35.0 Å². The van der Waals surface area contributed by atoms with E-state index in [9.17, 15) is 4.79 Å². The number of fused-ring (bicyclic) bond motifs is 1. The zero-order valence-electron chi connectivity index (χ0n) is 10.1. The van der Waals surface area contributed by atoms with Crippen LogP contribution in [0, 0.1) is 0 Å². The van der Waals surface area contributed by atoms with Crippen LogP contribution in [0.3, 0.4) is 0 Å². The quantitative estimate of drug-likeness (QED) is 0.818. The lowest BCUT2D eigenvalue weighted by atomic mass is 10.2. The molecule has 0 aliphatic carbocycles. The molecule has 1 aromatic carbocycles. The first-order chi connectivity index (χ1) is 8.70. The molecule has 0 amide bonds. The fraction of sp³-hybridized carbons (Fsp3) is 0.308. The molecular weight excluding hydrogens is 252 g/mol. The van der Waals surface area contributed by atoms with Gasteiger partial charge in [-0.1, -0.05) is 17.7 Å². The van der Waals surface area contributed by atoms with Crippen molar-refractivity contribution in [2.24, 2.45) is 0 Å². The molecule has 0 bridgehead atoms. The van der Waals surface area contributed by atoms with E-state index in [2.05, 4.69) is 10.3 Å². The molecule has 0 radical (unpaired) electrons. The second kappa shape index (κ2) is 5.89. The Labute approximate surface area is 110 Å². The van der Waals surface area contributed by atoms with Gasteiger partial charge in [-0.2, -0.15) is 0 Å². The lowest BCUT2D eigenvalue weighted by molar-refractivity contribution is -0.142. The van der Waals surface area contributed by atoms with Crippen LogP contribution in [-0.4, -0.2) is 24.1 Å². The van der Waals surface area contributed by atoms with Crippen LogP contribution in [0.15, 0.2) is 24.4 Å². The van der Waals surface area contributed by atoms with E-state index >= 15 is 0 Å². The zero-order chi connectivity index (χ0) is 13.0. The average molecular weight is 267 g/mol. The van der Waals surface area contributed by atoms with Gasteiger partial charge in [0.25, 0.3) is 0 Å². The first-order valence-electron chi connectivity index (χ1n) is 5.82. The molecule has 0 unspecified atom stereocenters. The lowest BCUT2D eigenvalue weighted by Gasteiger charge is -2.03. The summed E-state index contributed by atoms with van der Waals surface area (Å²) in [7, 11) is 0. The minimum atomic E-state index is -0.236. The molecule has 0 aliphatic heterocycles. The Morgan fingerprint density at radius 2 is 2.33 bits per heavy atom. The predicted octanol–water partition coefficient (Wildman–Crippen LogP) is 2.47. The summed E-state index contributed by atoms with van der Waals surface area (Å²) in [5.41, 5.74) is 2.10. The summed E-state index contributed by atoms with van der Waals surface area (Å²) in [5, 5.41) is 4.86. The summed E-state index contributed by atoms with van der Waals surface area (Å²) in [4.78, 5) is 14.3. The lowest BCUT2D eigenvalue weighted by Crippen LogP contribution is -2.24. The van der Waals surface area contributed by atoms with Gasteiger partial charge >= 0.3 is 5.97 Å². The number of H-pyrrole nitrogens is 1. The summed E-state index contributed by atoms with van der Waals surface area (Å²) in [6.07, 6.45) is 1.92. The van der Waals surface area contributed by atoms with Crippen LogP contribution >= 0.6 is 11.6 Å². The molecule has 2 rings (SSSR count). The van der Waals surface area contributed by atoms with Crippen LogP contribution in [0.25, 0.3) is 10.9 Å². The Bertz CT molecular complexity index is 551. The molecular formula is C13H15ClN2O2. The number of benzene rings is 1. The van der Waals surface area contributed by atoms with Crippen LogP contribution in [0.1, 0.15) is 12.5 Å². The molecule has 0 saturated carbocycles. The molecule has 18 heavy (non-hydrogen) atoms. The number of hydrogen-bond donors (Lipinski definition) is 2. The van der Waals surface area contributed by atoms with Crippen LogP contribution in [0.5, 0.6) is 0 Å². The molecule has 5 heteroatoms. The van der Waals surface area contributed by atoms with E-state index in [1.807, 2.05) is 24.4 Å². The molecule has 0 spiro atoms. The van der Waals surface area contributed by atoms with Crippen LogP contribution in [-0.2, 0) is 16.1 Å². The number of halogens is 1. The minimum absolute atomic E-state index is 0.216. The molecule has 1 aromatic heterocycles. The van der Waals surface area contributed by atoms with Crippen molar-refractivity contribution < 1.29 is 9.53 Å². The monoisotopic (exact) mass is 266 g/mol. The van der Waals surface area contributed by atoms with E-state index in [0.717, 1.165) is 16.5 Å². The summed E-state index contributed by atoms with van der Waals surface area (Å²) < 4.78 is 4.84. The number of esters is 1. The molecule has 0 atom stereocenters. The van der Waals surface area contributed by atoms with Crippen molar-refractivity contribution in [2.45, 2.75) is 13.5 Å². The van der Waals surface area contributed by atoms with Gasteiger partial charge in [0.05, 0.1) is 13.2 Å². The predicted molar refractivity (Wildman–Crippen MR) is 71.6 cm³/mol. The summed E-state index contributed by atoms with van der Waals surface area (Å²) in [6, 6.07) is 5.70. The first-order valence-corrected chi connectivity index (χ1v) is 6.20. The maximum Gasteiger partial charge on any atom is 0.319 e. The molecule has 0 aliphatic rings. The highest BCUT2D eigenvalue weighted by molar-refractivity contribution is 6.31. The smallest absolute Gasteiger partial charge is 0.319 e. The van der Waals surface area contributed by atoms with Crippen LogP contribution in [0.4, 0.5) is 0 Å². The van der Waals surface area contributed by atoms with Gasteiger partial charge < -0.3 is 15.0 Å². The van der Waals surface area contributed by atoms with E-state index in [-0.39, 0.29) is 12.5 Å². The number of hydrogen-bond acceptors (Lipinski definition) is 3. The number of aromatic amines is 1. The van der Waals surface area contributed by atoms with Crippen molar-refractivity contribution in [1.82, 2.24) is 10.3 Å². The van der Waals surface area contributed by atoms with Gasteiger partial charge in [-0.15, -0.1) is 0 Å². The molecule has 2 N–H and O–H groups in total. The van der Waals surface area contributed by atoms with Crippen molar-refractivity contribution >= 4 is 28.5 Å². The van der Waals surface area contributed by atoms with Gasteiger partial charge in [0.2, 0.25) is 0 Å². The Balaban J connectivity index is 1.98. The van der Waals surface area contributed by atoms with Crippen molar-refractivity contribution in [3.63, 3.8) is 0 Å². The Morgan fingerprint density at radius 3 is 3.11 bits per heavy atom. The maximum absolute atomic E-state index is 11.2. The average Bonchev–Trinajstić information content (AvgIpc) is 2.72. The number of carbonyl (C=O) groups is 1. The van der Waals surface area contributed by atoms with Gasteiger partial charge in [-0.05, 0) is 24.6 Å². The number of carbonyl (C=O) groups excluding carboxylic acids is 1. The zero-order valence-corrected chi connectivity index (χ0v) is 10.9. The molecule has 96 valence electrons. The third-order valence-electron chi connectivity index (χ3n) is 2.62. The normalized spacial score (nSPS) is 10.8. The van der Waals surface area contributed by atoms with Crippen molar-refractivity contribution in [1.29, 1.82) is 0 Å². The SMILES string of the molecule is CCOC(=O)CNCc1c[nH]c2cc(Cl)ccc12. The number of aromatic nitrogens is 1. The van der Waals surface area contributed by atoms with Crippen LogP contribution < -0.4 is 5.32 Å². The summed E-state index contributed by atoms with van der Waals surface area (Å²) in [5.74, 6) is -0.236. The van der Waals surface area contributed by atoms with E-state index in [4.69, 9.17) is 16.3 Å². The molecule has 0 saturated heterocycles. The largest absolute Gasteiger partial charge is 0.465 e. The topological polar surface area (TPSA) is 54.1 Å². The third kappa shape index (κ3) is 3.03. The maximum atomic E-state index is 11.2. The van der Waals surface area contributed by atoms with Gasteiger partial charge in [-0.25, -0.2) is 0 Å². The van der Waals surface area contributed by atoms with E-state index < -0.39 is 0 Å². The van der Waals surface area contributed by atoms with Gasteiger partial charge in [0.1, 0.15) is 0 Å². The highest BCUT2D eigenvalue weighted by Crippen LogP contribution is 2.21. The fourth-order valence-electron chi connectivity index (χ4n) is 1.82. The molecule has 4 nitrogen and oxygen atoms in total. The highest BCUT2D eigenvalue weighted by Gasteiger charge is 2.05. The third-order valence-corrected chi connectivity index (χ3v) is 2.85. The van der Waals surface area contributed by atoms with E-state index in [0.29, 0.717) is 18.2 Å². The minimum Gasteiger partial charge on any atom is -0.465 e. The Kier molecular flexibility index (Phi) is 4.23. The van der Waals surface area contributed by atoms with Crippen molar-refractivity contribution in [2.75, 3.05) is 13.2 Å². The number of nitrogens with one attached hydrogen (secondary N) is 2. The van der Waals surface area contributed by atoms with Gasteiger partial charge in [-0.3, -0.25) is 4.79 Å². The van der Waals surface area contributed by atoms with Gasteiger partial charge in [0, 0.05) is 28.7 Å². The van der Waals surface area contributed by atoms with Crippen molar-refractivity contribution in [3.8, 4) is 0 Å². The Hall–Kier alpha value is -1.52. The second-order valence-electron chi connectivity index (χ2n) is 3.91. The molecule has 0 fully saturated rings. The van der Waals surface area contributed by atoms with E-state index in [1.165, 1.54) is 0 Å². The second-order valence-corrected chi connectivity index (χ2v) is 4.35. The van der Waals surface area contributed by atoms with Gasteiger partial charge in [0.15, 0.2) is 0 Å². The number of ether oxygens (including phenoxy) is 1. The summed E-state index contributed by atoms with van der Waals surface area (Å²) >= 11 is 5.91. The standard InChI is InChI=1S/C13H15ClN2O2/c1-2-18-13(17)8-15-6-9-7-16-12-5-10(14)3-4-11(9)12/h3-5,7,15-16H,2,6,8H2,1H3. The van der Waals surface area contributed by atoms with Crippen LogP contribution in [0.2, 0.25) is 5.02 Å². The number of rotatable bonds is 5. The van der Waals surface area contributed by atoms with E-state index in [1.54, 1.807) is 6.92 Å². The molecule has 1 heterocycles. The highest BCUT2D eigenvalue weighted by atomic mass is 35.5. The molecule has 2 aromatic rings. The fourth-order valence-corrected chi connectivity index (χ4v) is 1.99. The first kappa shape index (κ1) is 12.9. The summed E-state index contributed by atoms with van der Waals surface area (Å²) in [6.45, 7) is 3.03.